The van der Waals surface area contributed by atoms with Crippen molar-refractivity contribution in [3.8, 4) is 0 Å². The van der Waals surface area contributed by atoms with Gasteiger partial charge in [0.25, 0.3) is 0 Å². The van der Waals surface area contributed by atoms with Crippen molar-refractivity contribution in [2.24, 2.45) is 5.92 Å². The molecule has 0 aliphatic heterocycles. The van der Waals surface area contributed by atoms with Crippen LogP contribution in [0.15, 0.2) is 0 Å². The third-order valence-corrected chi connectivity index (χ3v) is 3.39. The second-order valence-corrected chi connectivity index (χ2v) is 4.64. The zero-order valence-corrected chi connectivity index (χ0v) is 8.07. The largest absolute Gasteiger partial charge is 0.393 e. The van der Waals surface area contributed by atoms with Crippen molar-refractivity contribution in [1.29, 1.82) is 0 Å². The first kappa shape index (κ1) is 9.40. The van der Waals surface area contributed by atoms with Crippen molar-refractivity contribution in [3.05, 3.63) is 0 Å². The lowest BCUT2D eigenvalue weighted by Gasteiger charge is -2.12. The van der Waals surface area contributed by atoms with Crippen molar-refractivity contribution in [1.82, 2.24) is 0 Å². The van der Waals surface area contributed by atoms with Gasteiger partial charge in [-0.15, -0.1) is 0 Å². The first-order valence-corrected chi connectivity index (χ1v) is 5.76. The topological polar surface area (TPSA) is 20.2 Å². The van der Waals surface area contributed by atoms with Crippen LogP contribution in [-0.4, -0.2) is 22.7 Å². The van der Waals surface area contributed by atoms with E-state index in [-0.39, 0.29) is 6.10 Å². The molecular weight excluding hydrogens is 156 g/mol. The molecule has 0 saturated heterocycles. The van der Waals surface area contributed by atoms with E-state index < -0.39 is 0 Å². The van der Waals surface area contributed by atoms with Gasteiger partial charge in [0.1, 0.15) is 0 Å². The number of hydrogen-bond donors (Lipinski definition) is 1. The fraction of sp³-hybridized carbons (Fsp3) is 1.00. The molecule has 0 aromatic rings. The average molecular weight is 174 g/mol. The minimum atomic E-state index is 0.0208. The van der Waals surface area contributed by atoms with E-state index in [1.807, 2.05) is 11.8 Å². The van der Waals surface area contributed by atoms with Crippen molar-refractivity contribution in [2.45, 2.75) is 38.7 Å². The van der Waals surface area contributed by atoms with Gasteiger partial charge in [0, 0.05) is 0 Å². The third kappa shape index (κ3) is 3.04. The Labute approximate surface area is 73.6 Å². The van der Waals surface area contributed by atoms with Gasteiger partial charge in [-0.3, -0.25) is 0 Å². The molecule has 1 rings (SSSR count). The molecule has 0 aromatic heterocycles. The Morgan fingerprint density at radius 1 is 1.45 bits per heavy atom. The molecule has 1 nitrogen and oxygen atoms in total. The highest BCUT2D eigenvalue weighted by molar-refractivity contribution is 7.99. The summed E-state index contributed by atoms with van der Waals surface area (Å²) in [6.45, 7) is 2.19. The van der Waals surface area contributed by atoms with Gasteiger partial charge < -0.3 is 5.11 Å². The van der Waals surface area contributed by atoms with Crippen LogP contribution in [0.1, 0.15) is 32.6 Å². The molecular formula is C9H18OS. The van der Waals surface area contributed by atoms with Gasteiger partial charge in [-0.1, -0.05) is 13.3 Å². The fourth-order valence-corrected chi connectivity index (χ4v) is 2.49. The van der Waals surface area contributed by atoms with E-state index in [4.69, 9.17) is 0 Å². The van der Waals surface area contributed by atoms with Crippen LogP contribution in [-0.2, 0) is 0 Å². The average Bonchev–Trinajstić information content (AvgIpc) is 2.37. The minimum absolute atomic E-state index is 0.0208. The number of aliphatic hydroxyl groups excluding tert-OH is 1. The standard InChI is InChI=1S/C9H18OS/c1-2-11-7-6-8-4-3-5-9(8)10/h8-10H,2-7H2,1H3. The SMILES string of the molecule is CCSCCC1CCCC1O. The lowest BCUT2D eigenvalue weighted by Crippen LogP contribution is -2.13. The maximum Gasteiger partial charge on any atom is 0.0568 e. The van der Waals surface area contributed by atoms with Crippen LogP contribution >= 0.6 is 11.8 Å². The minimum Gasteiger partial charge on any atom is -0.393 e. The molecule has 0 amide bonds. The smallest absolute Gasteiger partial charge is 0.0568 e. The van der Waals surface area contributed by atoms with Crippen molar-refractivity contribution in [3.63, 3.8) is 0 Å². The summed E-state index contributed by atoms with van der Waals surface area (Å²) in [7, 11) is 0. The van der Waals surface area contributed by atoms with Crippen molar-refractivity contribution < 1.29 is 5.11 Å². The lowest BCUT2D eigenvalue weighted by atomic mass is 10.0. The lowest BCUT2D eigenvalue weighted by molar-refractivity contribution is 0.131. The zero-order chi connectivity index (χ0) is 8.10. The molecule has 11 heavy (non-hydrogen) atoms. The van der Waals surface area contributed by atoms with E-state index in [9.17, 15) is 5.11 Å². The molecule has 66 valence electrons. The summed E-state index contributed by atoms with van der Waals surface area (Å²) in [4.78, 5) is 0. The molecule has 0 spiro atoms. The Hall–Kier alpha value is 0.310. The highest BCUT2D eigenvalue weighted by atomic mass is 32.2. The summed E-state index contributed by atoms with van der Waals surface area (Å²) in [6, 6.07) is 0. The molecule has 1 aliphatic rings. The monoisotopic (exact) mass is 174 g/mol. The van der Waals surface area contributed by atoms with E-state index in [1.54, 1.807) is 0 Å². The number of hydrogen-bond acceptors (Lipinski definition) is 2. The van der Waals surface area contributed by atoms with Gasteiger partial charge in [-0.2, -0.15) is 11.8 Å². The van der Waals surface area contributed by atoms with Crippen molar-refractivity contribution in [2.75, 3.05) is 11.5 Å². The molecule has 0 heterocycles. The van der Waals surface area contributed by atoms with Crippen LogP contribution in [0.5, 0.6) is 0 Å². The van der Waals surface area contributed by atoms with Gasteiger partial charge in [0.15, 0.2) is 0 Å². The molecule has 0 bridgehead atoms. The molecule has 1 N–H and O–H groups in total. The van der Waals surface area contributed by atoms with Crippen LogP contribution in [0.4, 0.5) is 0 Å². The quantitative estimate of drug-likeness (QED) is 0.660. The number of aliphatic hydroxyl groups is 1. The molecule has 1 aliphatic carbocycles. The molecule has 2 unspecified atom stereocenters. The molecule has 0 aromatic carbocycles. The van der Waals surface area contributed by atoms with E-state index in [0.717, 1.165) is 6.42 Å². The van der Waals surface area contributed by atoms with Gasteiger partial charge in [-0.25, -0.2) is 0 Å². The summed E-state index contributed by atoms with van der Waals surface area (Å²) < 4.78 is 0. The molecule has 1 saturated carbocycles. The summed E-state index contributed by atoms with van der Waals surface area (Å²) in [5, 5.41) is 9.48. The van der Waals surface area contributed by atoms with Gasteiger partial charge >= 0.3 is 0 Å². The molecule has 1 fully saturated rings. The van der Waals surface area contributed by atoms with Gasteiger partial charge in [0.2, 0.25) is 0 Å². The van der Waals surface area contributed by atoms with Gasteiger partial charge in [0.05, 0.1) is 6.10 Å². The molecule has 2 heteroatoms. The maximum atomic E-state index is 9.48. The summed E-state index contributed by atoms with van der Waals surface area (Å²) in [6.07, 6.45) is 4.78. The van der Waals surface area contributed by atoms with E-state index in [2.05, 4.69) is 6.92 Å². The Kier molecular flexibility index (Phi) is 4.31. The Balaban J connectivity index is 2.05. The van der Waals surface area contributed by atoms with Crippen LogP contribution in [0.3, 0.4) is 0 Å². The Bertz CT molecular complexity index is 106. The predicted molar refractivity (Wildman–Crippen MR) is 51.0 cm³/mol. The summed E-state index contributed by atoms with van der Waals surface area (Å²) >= 11 is 1.99. The Morgan fingerprint density at radius 2 is 2.27 bits per heavy atom. The van der Waals surface area contributed by atoms with E-state index >= 15 is 0 Å². The normalized spacial score (nSPS) is 31.1. The van der Waals surface area contributed by atoms with Crippen LogP contribution in [0.2, 0.25) is 0 Å². The van der Waals surface area contributed by atoms with E-state index in [0.29, 0.717) is 5.92 Å². The number of thioether (sulfide) groups is 1. The summed E-state index contributed by atoms with van der Waals surface area (Å²) in [5.74, 6) is 3.06. The van der Waals surface area contributed by atoms with Gasteiger partial charge in [-0.05, 0) is 36.7 Å². The first-order chi connectivity index (χ1) is 5.34. The highest BCUT2D eigenvalue weighted by Crippen LogP contribution is 2.29. The zero-order valence-electron chi connectivity index (χ0n) is 7.25. The Morgan fingerprint density at radius 3 is 2.82 bits per heavy atom. The van der Waals surface area contributed by atoms with Crippen LogP contribution in [0, 0.1) is 5.92 Å². The highest BCUT2D eigenvalue weighted by Gasteiger charge is 2.24. The number of rotatable bonds is 4. The van der Waals surface area contributed by atoms with Crippen molar-refractivity contribution >= 4 is 11.8 Å². The second-order valence-electron chi connectivity index (χ2n) is 3.24. The maximum absolute atomic E-state index is 9.48. The molecule has 2 atom stereocenters. The van der Waals surface area contributed by atoms with E-state index in [1.165, 1.54) is 30.8 Å². The fourth-order valence-electron chi connectivity index (χ4n) is 1.73. The molecule has 0 radical (unpaired) electrons. The summed E-state index contributed by atoms with van der Waals surface area (Å²) in [5.41, 5.74) is 0. The predicted octanol–water partition coefficient (Wildman–Crippen LogP) is 2.29. The van der Waals surface area contributed by atoms with Crippen LogP contribution < -0.4 is 0 Å². The van der Waals surface area contributed by atoms with Crippen LogP contribution in [0.25, 0.3) is 0 Å². The second kappa shape index (κ2) is 5.04. The third-order valence-electron chi connectivity index (χ3n) is 2.46. The first-order valence-electron chi connectivity index (χ1n) is 4.60.